The van der Waals surface area contributed by atoms with Crippen LogP contribution in [-0.4, -0.2) is 27.9 Å². The number of nitrogens with one attached hydrogen (secondary N) is 1. The van der Waals surface area contributed by atoms with E-state index in [-0.39, 0.29) is 0 Å². The second-order valence-corrected chi connectivity index (χ2v) is 5.00. The van der Waals surface area contributed by atoms with Crippen molar-refractivity contribution in [3.05, 3.63) is 0 Å². The van der Waals surface area contributed by atoms with Gasteiger partial charge >= 0.3 is 47.3 Å². The third kappa shape index (κ3) is 6.27. The van der Waals surface area contributed by atoms with Crippen molar-refractivity contribution < 1.29 is 14.7 Å². The van der Waals surface area contributed by atoms with E-state index in [1.807, 2.05) is 0 Å². The van der Waals surface area contributed by atoms with E-state index in [2.05, 4.69) is 5.09 Å². The van der Waals surface area contributed by atoms with Crippen molar-refractivity contribution in [1.82, 2.24) is 5.09 Å². The zero-order valence-corrected chi connectivity index (χ0v) is 5.89. The van der Waals surface area contributed by atoms with Gasteiger partial charge in [0, 0.05) is 0 Å². The van der Waals surface area contributed by atoms with Crippen LogP contribution < -0.4 is 5.09 Å². The molecule has 0 spiro atoms. The standard InChI is InChI=1S/C3H12NO3P/c1-3-4-8(2,5,6)7/h4-7H,3H2,1-2H3. The monoisotopic (exact) mass is 141 g/mol. The zero-order valence-electron chi connectivity index (χ0n) is 5.00. The van der Waals surface area contributed by atoms with Gasteiger partial charge in [-0.15, -0.1) is 0 Å². The Morgan fingerprint density at radius 2 is 1.75 bits per heavy atom. The summed E-state index contributed by atoms with van der Waals surface area (Å²) in [5, 5.41) is 2.16. The van der Waals surface area contributed by atoms with Crippen LogP contribution in [0.3, 0.4) is 0 Å². The van der Waals surface area contributed by atoms with Crippen LogP contribution in [0.1, 0.15) is 6.92 Å². The fourth-order valence-corrected chi connectivity index (χ4v) is 1.11. The molecule has 0 heterocycles. The predicted octanol–water partition coefficient (Wildman–Crippen LogP) is -0.584. The Balaban J connectivity index is 3.73. The van der Waals surface area contributed by atoms with E-state index in [1.54, 1.807) is 6.92 Å². The average Bonchev–Trinajstić information content (AvgIpc) is 1.25. The molecule has 0 atom stereocenters. The van der Waals surface area contributed by atoms with Gasteiger partial charge in [0.05, 0.1) is 0 Å². The molecule has 0 unspecified atom stereocenters. The Labute approximate surface area is 48.4 Å². The van der Waals surface area contributed by atoms with E-state index < -0.39 is 7.43 Å². The van der Waals surface area contributed by atoms with E-state index in [9.17, 15) is 0 Å². The van der Waals surface area contributed by atoms with Gasteiger partial charge in [-0.1, -0.05) is 0 Å². The van der Waals surface area contributed by atoms with Crippen molar-refractivity contribution in [3.8, 4) is 0 Å². The summed E-state index contributed by atoms with van der Waals surface area (Å²) in [4.78, 5) is 25.8. The molecule has 0 aliphatic heterocycles. The fraction of sp³-hybridized carbons (Fsp3) is 1.00. The van der Waals surface area contributed by atoms with Crippen LogP contribution in [0.15, 0.2) is 0 Å². The molecule has 4 N–H and O–H groups in total. The SMILES string of the molecule is CCNP(C)(O)(O)O. The maximum atomic E-state index is 8.61. The third-order valence-corrected chi connectivity index (χ3v) is 1.59. The molecule has 0 radical (unpaired) electrons. The van der Waals surface area contributed by atoms with Crippen LogP contribution in [0.2, 0.25) is 0 Å². The topological polar surface area (TPSA) is 72.7 Å². The van der Waals surface area contributed by atoms with Gasteiger partial charge in [-0.2, -0.15) is 0 Å². The first kappa shape index (κ1) is 8.27. The second-order valence-electron chi connectivity index (χ2n) is 1.90. The van der Waals surface area contributed by atoms with E-state index in [0.29, 0.717) is 6.54 Å². The first-order chi connectivity index (χ1) is 3.31. The Kier molecular flexibility index (Phi) is 1.96. The van der Waals surface area contributed by atoms with Crippen LogP contribution >= 0.6 is 7.43 Å². The zero-order chi connectivity index (χ0) is 6.86. The van der Waals surface area contributed by atoms with E-state index in [0.717, 1.165) is 6.66 Å². The van der Waals surface area contributed by atoms with Gasteiger partial charge in [0.15, 0.2) is 0 Å². The van der Waals surface area contributed by atoms with Crippen molar-refractivity contribution in [3.63, 3.8) is 0 Å². The van der Waals surface area contributed by atoms with Crippen LogP contribution in [-0.2, 0) is 0 Å². The molecule has 4 nitrogen and oxygen atoms in total. The van der Waals surface area contributed by atoms with Crippen molar-refractivity contribution >= 4 is 7.43 Å². The minimum absolute atomic E-state index is 0.345. The Bertz CT molecular complexity index is 77.0. The molecule has 0 saturated carbocycles. The Hall–Kier alpha value is 0.270. The van der Waals surface area contributed by atoms with Gasteiger partial charge in [-0.05, 0) is 0 Å². The van der Waals surface area contributed by atoms with Gasteiger partial charge in [-0.25, -0.2) is 0 Å². The molecule has 5 heteroatoms. The molecule has 0 amide bonds. The summed E-state index contributed by atoms with van der Waals surface area (Å²) >= 11 is 0. The maximum absolute atomic E-state index is 8.61. The molecule has 0 rings (SSSR count). The van der Waals surface area contributed by atoms with Gasteiger partial charge in [0.25, 0.3) is 0 Å². The quantitative estimate of drug-likeness (QED) is 0.388. The van der Waals surface area contributed by atoms with Gasteiger partial charge in [0.2, 0.25) is 0 Å². The predicted molar refractivity (Wildman–Crippen MR) is 33.2 cm³/mol. The van der Waals surface area contributed by atoms with E-state index in [1.165, 1.54) is 0 Å². The summed E-state index contributed by atoms with van der Waals surface area (Å²) < 4.78 is 0. The molecule has 0 fully saturated rings. The number of hydrogen-bond acceptors (Lipinski definition) is 4. The van der Waals surface area contributed by atoms with Crippen LogP contribution in [0, 0.1) is 0 Å². The van der Waals surface area contributed by atoms with Gasteiger partial charge in [-0.3, -0.25) is 0 Å². The fourth-order valence-electron chi connectivity index (χ4n) is 0.370. The average molecular weight is 141 g/mol. The summed E-state index contributed by atoms with van der Waals surface area (Å²) in [6.45, 7) is 3.00. The third-order valence-electron chi connectivity index (χ3n) is 0.528. The number of rotatable bonds is 2. The molecule has 52 valence electrons. The Morgan fingerprint density at radius 1 is 1.38 bits per heavy atom. The normalized spacial score (nSPS) is 17.4. The van der Waals surface area contributed by atoms with Gasteiger partial charge in [0.1, 0.15) is 0 Å². The van der Waals surface area contributed by atoms with E-state index >= 15 is 0 Å². The summed E-state index contributed by atoms with van der Waals surface area (Å²) in [6, 6.07) is 0. The van der Waals surface area contributed by atoms with Crippen molar-refractivity contribution in [2.24, 2.45) is 0 Å². The van der Waals surface area contributed by atoms with Crippen LogP contribution in [0.4, 0.5) is 0 Å². The molecule has 0 bridgehead atoms. The van der Waals surface area contributed by atoms with Crippen LogP contribution in [0.25, 0.3) is 0 Å². The first-order valence-corrected chi connectivity index (χ1v) is 4.87. The molecule has 0 aromatic rings. The molecule has 0 aromatic carbocycles. The summed E-state index contributed by atoms with van der Waals surface area (Å²) in [7, 11) is -4.35. The van der Waals surface area contributed by atoms with Crippen molar-refractivity contribution in [2.75, 3.05) is 13.2 Å². The summed E-state index contributed by atoms with van der Waals surface area (Å²) in [5.74, 6) is 0. The van der Waals surface area contributed by atoms with E-state index in [4.69, 9.17) is 14.7 Å². The molecular formula is C3H12NO3P. The summed E-state index contributed by atoms with van der Waals surface area (Å²) in [6.07, 6.45) is 0. The number of hydrogen-bond donors (Lipinski definition) is 4. The Morgan fingerprint density at radius 3 is 1.75 bits per heavy atom. The minimum atomic E-state index is -4.35. The molecule has 0 aliphatic carbocycles. The first-order valence-electron chi connectivity index (χ1n) is 2.33. The van der Waals surface area contributed by atoms with Crippen LogP contribution in [0.5, 0.6) is 0 Å². The molecular weight excluding hydrogens is 129 g/mol. The van der Waals surface area contributed by atoms with Crippen molar-refractivity contribution in [2.45, 2.75) is 6.92 Å². The molecule has 0 saturated heterocycles. The molecule has 0 aromatic heterocycles. The van der Waals surface area contributed by atoms with Gasteiger partial charge < -0.3 is 0 Å². The van der Waals surface area contributed by atoms with Crippen molar-refractivity contribution in [1.29, 1.82) is 0 Å². The second kappa shape index (κ2) is 1.90. The summed E-state index contributed by atoms with van der Waals surface area (Å²) in [5.41, 5.74) is 0. The molecule has 0 aliphatic rings. The molecule has 8 heavy (non-hydrogen) atoms.